The predicted molar refractivity (Wildman–Crippen MR) is 116 cm³/mol. The Kier molecular flexibility index (Phi) is 5.81. The molecule has 0 radical (unpaired) electrons. The maximum atomic E-state index is 5.43. The number of hydrogen-bond donors (Lipinski definition) is 0. The summed E-state index contributed by atoms with van der Waals surface area (Å²) in [6.45, 7) is 0. The van der Waals surface area contributed by atoms with Gasteiger partial charge in [0.05, 0.1) is 14.2 Å². The van der Waals surface area contributed by atoms with Crippen molar-refractivity contribution in [2.24, 2.45) is 0 Å². The van der Waals surface area contributed by atoms with E-state index >= 15 is 0 Å². The normalized spacial score (nSPS) is 10.7. The average molecular weight is 404 g/mol. The smallest absolute Gasteiger partial charge is 0.196 e. The molecule has 1 aromatic heterocycles. The Morgan fingerprint density at radius 3 is 2.03 bits per heavy atom. The third kappa shape index (κ3) is 4.27. The molecule has 0 saturated carbocycles. The Morgan fingerprint density at radius 2 is 1.41 bits per heavy atom. The van der Waals surface area contributed by atoms with Gasteiger partial charge in [-0.25, -0.2) is 0 Å². The molecule has 0 bridgehead atoms. The van der Waals surface area contributed by atoms with Crippen LogP contribution in [0.5, 0.6) is 11.5 Å². The monoisotopic (exact) mass is 403 g/mol. The fourth-order valence-electron chi connectivity index (χ4n) is 3.02. The number of para-hydroxylation sites is 1. The predicted octanol–water partition coefficient (Wildman–Crippen LogP) is 5.24. The highest BCUT2D eigenvalue weighted by Gasteiger charge is 2.17. The molecule has 5 nitrogen and oxygen atoms in total. The van der Waals surface area contributed by atoms with Crippen LogP contribution in [0.1, 0.15) is 5.56 Å². The molecule has 0 amide bonds. The Labute approximate surface area is 174 Å². The van der Waals surface area contributed by atoms with Crippen LogP contribution in [0.25, 0.3) is 17.1 Å². The molecular weight excluding hydrogens is 382 g/mol. The Hall–Kier alpha value is -3.25. The molecule has 4 rings (SSSR count). The van der Waals surface area contributed by atoms with Gasteiger partial charge in [0.1, 0.15) is 11.5 Å². The molecule has 1 heterocycles. The number of benzene rings is 3. The van der Waals surface area contributed by atoms with Gasteiger partial charge in [-0.15, -0.1) is 10.2 Å². The van der Waals surface area contributed by atoms with Crippen LogP contribution >= 0.6 is 11.8 Å². The van der Waals surface area contributed by atoms with Crippen LogP contribution in [0.3, 0.4) is 0 Å². The minimum absolute atomic E-state index is 0.709. The van der Waals surface area contributed by atoms with Crippen molar-refractivity contribution in [2.75, 3.05) is 14.2 Å². The van der Waals surface area contributed by atoms with Gasteiger partial charge in [-0.1, -0.05) is 60.3 Å². The molecule has 4 aromatic rings. The van der Waals surface area contributed by atoms with Gasteiger partial charge in [-0.3, -0.25) is 4.57 Å². The van der Waals surface area contributed by atoms with Crippen LogP contribution < -0.4 is 9.47 Å². The van der Waals surface area contributed by atoms with E-state index in [2.05, 4.69) is 39.0 Å². The fraction of sp³-hybridized carbons (Fsp3) is 0.130. The lowest BCUT2D eigenvalue weighted by atomic mass is 10.2. The van der Waals surface area contributed by atoms with E-state index in [1.807, 2.05) is 54.6 Å². The summed E-state index contributed by atoms with van der Waals surface area (Å²) in [5.74, 6) is 2.97. The highest BCUT2D eigenvalue weighted by molar-refractivity contribution is 7.98. The van der Waals surface area contributed by atoms with Crippen molar-refractivity contribution < 1.29 is 9.47 Å². The van der Waals surface area contributed by atoms with Gasteiger partial charge in [0.15, 0.2) is 11.0 Å². The van der Waals surface area contributed by atoms with Gasteiger partial charge in [0, 0.05) is 23.1 Å². The highest BCUT2D eigenvalue weighted by Crippen LogP contribution is 2.33. The van der Waals surface area contributed by atoms with Gasteiger partial charge in [-0.05, 0) is 29.8 Å². The number of hydrogen-bond acceptors (Lipinski definition) is 5. The molecule has 0 fully saturated rings. The molecule has 0 aliphatic heterocycles. The van der Waals surface area contributed by atoms with E-state index in [0.29, 0.717) is 11.5 Å². The summed E-state index contributed by atoms with van der Waals surface area (Å²) < 4.78 is 12.9. The zero-order chi connectivity index (χ0) is 20.1. The summed E-state index contributed by atoms with van der Waals surface area (Å²) >= 11 is 1.66. The van der Waals surface area contributed by atoms with Crippen LogP contribution in [0.4, 0.5) is 0 Å². The number of aromatic nitrogens is 3. The average Bonchev–Trinajstić information content (AvgIpc) is 3.22. The summed E-state index contributed by atoms with van der Waals surface area (Å²) in [4.78, 5) is 0. The number of ether oxygens (including phenoxy) is 2. The van der Waals surface area contributed by atoms with Crippen LogP contribution in [-0.4, -0.2) is 29.0 Å². The third-order valence-electron chi connectivity index (χ3n) is 4.47. The van der Waals surface area contributed by atoms with Gasteiger partial charge in [0.2, 0.25) is 0 Å². The molecule has 6 heteroatoms. The molecule has 0 saturated heterocycles. The second kappa shape index (κ2) is 8.84. The second-order valence-electron chi connectivity index (χ2n) is 6.35. The first kappa shape index (κ1) is 19.1. The standard InChI is InChI=1S/C23H21N3O2S/c1-27-20-13-18(14-21(15-20)28-2)22-24-25-23(26(22)19-11-7-4-8-12-19)29-16-17-9-5-3-6-10-17/h3-15H,16H2,1-2H3. The third-order valence-corrected chi connectivity index (χ3v) is 5.47. The molecule has 29 heavy (non-hydrogen) atoms. The quantitative estimate of drug-likeness (QED) is 0.395. The van der Waals surface area contributed by atoms with Gasteiger partial charge >= 0.3 is 0 Å². The van der Waals surface area contributed by atoms with Crippen LogP contribution in [-0.2, 0) is 5.75 Å². The Morgan fingerprint density at radius 1 is 0.793 bits per heavy atom. The molecule has 0 aliphatic rings. The SMILES string of the molecule is COc1cc(OC)cc(-c2nnc(SCc3ccccc3)n2-c2ccccc2)c1. The topological polar surface area (TPSA) is 49.2 Å². The van der Waals surface area contributed by atoms with Gasteiger partial charge in [0.25, 0.3) is 0 Å². The molecule has 0 unspecified atom stereocenters. The lowest BCUT2D eigenvalue weighted by Gasteiger charge is -2.12. The van der Waals surface area contributed by atoms with Crippen molar-refractivity contribution in [3.63, 3.8) is 0 Å². The molecule has 0 atom stereocenters. The lowest BCUT2D eigenvalue weighted by molar-refractivity contribution is 0.394. The maximum Gasteiger partial charge on any atom is 0.196 e. The minimum atomic E-state index is 0.709. The fourth-order valence-corrected chi connectivity index (χ4v) is 3.93. The molecule has 0 spiro atoms. The van der Waals surface area contributed by atoms with Crippen molar-refractivity contribution in [1.82, 2.24) is 14.8 Å². The zero-order valence-corrected chi connectivity index (χ0v) is 17.1. The number of thioether (sulfide) groups is 1. The van der Waals surface area contributed by atoms with Crippen LogP contribution in [0, 0.1) is 0 Å². The molecular formula is C23H21N3O2S. The molecule has 146 valence electrons. The van der Waals surface area contributed by atoms with Crippen LogP contribution in [0.2, 0.25) is 0 Å². The van der Waals surface area contributed by atoms with Crippen molar-refractivity contribution >= 4 is 11.8 Å². The van der Waals surface area contributed by atoms with Crippen molar-refractivity contribution in [1.29, 1.82) is 0 Å². The Balaban J connectivity index is 1.78. The first-order valence-electron chi connectivity index (χ1n) is 9.19. The van der Waals surface area contributed by atoms with E-state index in [9.17, 15) is 0 Å². The lowest BCUT2D eigenvalue weighted by Crippen LogP contribution is -2.00. The number of rotatable bonds is 7. The van der Waals surface area contributed by atoms with E-state index in [-0.39, 0.29) is 0 Å². The zero-order valence-electron chi connectivity index (χ0n) is 16.3. The number of methoxy groups -OCH3 is 2. The van der Waals surface area contributed by atoms with Crippen molar-refractivity contribution in [2.45, 2.75) is 10.9 Å². The molecule has 3 aromatic carbocycles. The first-order chi connectivity index (χ1) is 14.3. The van der Waals surface area contributed by atoms with Crippen molar-refractivity contribution in [3.05, 3.63) is 84.4 Å². The summed E-state index contributed by atoms with van der Waals surface area (Å²) in [6, 6.07) is 26.2. The summed E-state index contributed by atoms with van der Waals surface area (Å²) in [6.07, 6.45) is 0. The van der Waals surface area contributed by atoms with Crippen molar-refractivity contribution in [3.8, 4) is 28.6 Å². The molecule has 0 aliphatic carbocycles. The van der Waals surface area contributed by atoms with Gasteiger partial charge in [-0.2, -0.15) is 0 Å². The van der Waals surface area contributed by atoms with E-state index in [4.69, 9.17) is 9.47 Å². The molecule has 0 N–H and O–H groups in total. The largest absolute Gasteiger partial charge is 0.497 e. The maximum absolute atomic E-state index is 5.43. The Bertz CT molecular complexity index is 1060. The highest BCUT2D eigenvalue weighted by atomic mass is 32.2. The van der Waals surface area contributed by atoms with E-state index in [1.54, 1.807) is 26.0 Å². The summed E-state index contributed by atoms with van der Waals surface area (Å²) in [5, 5.41) is 9.83. The summed E-state index contributed by atoms with van der Waals surface area (Å²) in [5.41, 5.74) is 3.12. The first-order valence-corrected chi connectivity index (χ1v) is 10.2. The van der Waals surface area contributed by atoms with E-state index in [0.717, 1.165) is 28.0 Å². The number of nitrogens with zero attached hydrogens (tertiary/aromatic N) is 3. The summed E-state index contributed by atoms with van der Waals surface area (Å²) in [7, 11) is 3.28. The van der Waals surface area contributed by atoms with Crippen LogP contribution in [0.15, 0.2) is 84.0 Å². The second-order valence-corrected chi connectivity index (χ2v) is 7.30. The van der Waals surface area contributed by atoms with E-state index in [1.165, 1.54) is 5.56 Å². The van der Waals surface area contributed by atoms with Gasteiger partial charge < -0.3 is 9.47 Å². The minimum Gasteiger partial charge on any atom is -0.497 e. The van der Waals surface area contributed by atoms with E-state index < -0.39 is 0 Å².